The molecular formula is C20H40Sn. The molecule has 0 amide bonds. The summed E-state index contributed by atoms with van der Waals surface area (Å²) in [6.45, 7) is 11.9. The van der Waals surface area contributed by atoms with Gasteiger partial charge in [-0.05, 0) is 0 Å². The second-order valence-electron chi connectivity index (χ2n) is 7.45. The van der Waals surface area contributed by atoms with Crippen molar-refractivity contribution in [1.29, 1.82) is 0 Å². The molecule has 124 valence electrons. The van der Waals surface area contributed by atoms with Gasteiger partial charge in [0, 0.05) is 0 Å². The Morgan fingerprint density at radius 2 is 1.24 bits per heavy atom. The zero-order valence-electron chi connectivity index (χ0n) is 15.2. The van der Waals surface area contributed by atoms with Crippen LogP contribution in [0.15, 0.2) is 10.2 Å². The molecule has 0 aromatic rings. The van der Waals surface area contributed by atoms with Crippen molar-refractivity contribution in [2.45, 2.75) is 105 Å². The predicted octanol–water partition coefficient (Wildman–Crippen LogP) is 7.51. The molecule has 0 nitrogen and oxygen atoms in total. The van der Waals surface area contributed by atoms with Crippen molar-refractivity contribution >= 4 is 18.4 Å². The Morgan fingerprint density at radius 3 is 1.62 bits per heavy atom. The van der Waals surface area contributed by atoms with E-state index in [0.717, 1.165) is 5.92 Å². The molecule has 0 spiro atoms. The van der Waals surface area contributed by atoms with Crippen LogP contribution in [0.2, 0.25) is 13.3 Å². The SMILES string of the molecule is C=[C](C1CCCCC1)[Sn]([CH2]CCC)([CH2]CCC)[CH2]CCC. The van der Waals surface area contributed by atoms with Crippen LogP contribution >= 0.6 is 0 Å². The molecule has 1 fully saturated rings. The van der Waals surface area contributed by atoms with Gasteiger partial charge >= 0.3 is 139 Å². The van der Waals surface area contributed by atoms with Crippen molar-refractivity contribution < 1.29 is 0 Å². The van der Waals surface area contributed by atoms with Gasteiger partial charge in [-0.2, -0.15) is 0 Å². The van der Waals surface area contributed by atoms with Crippen LogP contribution in [0, 0.1) is 5.92 Å². The number of allylic oxidation sites excluding steroid dienone is 1. The average Bonchev–Trinajstić information content (AvgIpc) is 2.55. The minimum absolute atomic E-state index is 0.931. The fourth-order valence-electron chi connectivity index (χ4n) is 4.29. The summed E-state index contributed by atoms with van der Waals surface area (Å²) >= 11 is -2.12. The second kappa shape index (κ2) is 11.1. The van der Waals surface area contributed by atoms with Crippen LogP contribution in [0.25, 0.3) is 0 Å². The van der Waals surface area contributed by atoms with Gasteiger partial charge in [0.1, 0.15) is 0 Å². The van der Waals surface area contributed by atoms with Gasteiger partial charge < -0.3 is 0 Å². The molecule has 0 aromatic heterocycles. The molecule has 0 aromatic carbocycles. The Balaban J connectivity index is 2.84. The standard InChI is InChI=1S/C8H13.3C4H9.Sn/c1-2-8-6-4-3-5-7-8;3*1-3-4-2;/h8H,1,3-7H2;3*1,3-4H2,2H3;. The van der Waals surface area contributed by atoms with Crippen molar-refractivity contribution in [3.05, 3.63) is 10.2 Å². The van der Waals surface area contributed by atoms with Crippen molar-refractivity contribution in [2.75, 3.05) is 0 Å². The Kier molecular flexibility index (Phi) is 10.4. The van der Waals surface area contributed by atoms with Crippen molar-refractivity contribution in [3.8, 4) is 0 Å². The molecular weight excluding hydrogens is 359 g/mol. The van der Waals surface area contributed by atoms with E-state index in [9.17, 15) is 0 Å². The molecule has 0 N–H and O–H groups in total. The minimum atomic E-state index is -2.12. The molecule has 1 aliphatic rings. The maximum atomic E-state index is 4.80. The topological polar surface area (TPSA) is 0 Å². The van der Waals surface area contributed by atoms with E-state index in [1.54, 1.807) is 13.3 Å². The molecule has 1 saturated carbocycles. The average molecular weight is 399 g/mol. The quantitative estimate of drug-likeness (QED) is 0.316. The van der Waals surface area contributed by atoms with Crippen molar-refractivity contribution in [1.82, 2.24) is 0 Å². The summed E-state index contributed by atoms with van der Waals surface area (Å²) in [6, 6.07) is 0. The summed E-state index contributed by atoms with van der Waals surface area (Å²) in [7, 11) is 0. The molecule has 0 bridgehead atoms. The first-order valence-corrected chi connectivity index (χ1v) is 17.4. The van der Waals surface area contributed by atoms with Gasteiger partial charge in [0.15, 0.2) is 0 Å². The summed E-state index contributed by atoms with van der Waals surface area (Å²) in [5.74, 6) is 0.931. The Labute approximate surface area is 139 Å². The molecule has 0 heterocycles. The van der Waals surface area contributed by atoms with Gasteiger partial charge in [-0.3, -0.25) is 0 Å². The molecule has 1 heteroatoms. The van der Waals surface area contributed by atoms with E-state index in [2.05, 4.69) is 20.8 Å². The molecule has 1 rings (SSSR count). The fraction of sp³-hybridized carbons (Fsp3) is 0.900. The zero-order valence-corrected chi connectivity index (χ0v) is 18.0. The maximum absolute atomic E-state index is 4.80. The van der Waals surface area contributed by atoms with Crippen LogP contribution < -0.4 is 0 Å². The van der Waals surface area contributed by atoms with Gasteiger partial charge in [0.25, 0.3) is 0 Å². The van der Waals surface area contributed by atoms with E-state index in [1.165, 1.54) is 70.6 Å². The van der Waals surface area contributed by atoms with E-state index < -0.39 is 18.4 Å². The molecule has 0 aliphatic heterocycles. The number of unbranched alkanes of at least 4 members (excludes halogenated alkanes) is 3. The monoisotopic (exact) mass is 400 g/mol. The van der Waals surface area contributed by atoms with Crippen LogP contribution in [0.1, 0.15) is 91.4 Å². The van der Waals surface area contributed by atoms with Gasteiger partial charge in [0.05, 0.1) is 0 Å². The molecule has 21 heavy (non-hydrogen) atoms. The van der Waals surface area contributed by atoms with Crippen molar-refractivity contribution in [3.63, 3.8) is 0 Å². The van der Waals surface area contributed by atoms with Crippen LogP contribution in [-0.4, -0.2) is 18.4 Å². The first-order chi connectivity index (χ1) is 10.2. The van der Waals surface area contributed by atoms with Crippen molar-refractivity contribution in [2.24, 2.45) is 5.92 Å². The molecule has 1 aliphatic carbocycles. The number of hydrogen-bond acceptors (Lipinski definition) is 0. The third-order valence-corrected chi connectivity index (χ3v) is 22.1. The third-order valence-electron chi connectivity index (χ3n) is 5.81. The van der Waals surface area contributed by atoms with Gasteiger partial charge in [-0.1, -0.05) is 0 Å². The summed E-state index contributed by atoms with van der Waals surface area (Å²) in [5.41, 5.74) is 0. The molecule has 0 unspecified atom stereocenters. The normalized spacial score (nSPS) is 17.1. The predicted molar refractivity (Wildman–Crippen MR) is 101 cm³/mol. The van der Waals surface area contributed by atoms with Gasteiger partial charge in [-0.15, -0.1) is 0 Å². The molecule has 0 atom stereocenters. The van der Waals surface area contributed by atoms with E-state index in [4.69, 9.17) is 6.58 Å². The van der Waals surface area contributed by atoms with Crippen LogP contribution in [-0.2, 0) is 0 Å². The molecule has 0 radical (unpaired) electrons. The summed E-state index contributed by atoms with van der Waals surface area (Å²) in [6.07, 6.45) is 16.0. The first kappa shape index (κ1) is 19.6. The van der Waals surface area contributed by atoms with E-state index in [1.807, 2.05) is 3.59 Å². The van der Waals surface area contributed by atoms with Crippen LogP contribution in [0.5, 0.6) is 0 Å². The zero-order chi connectivity index (χ0) is 15.6. The molecule has 0 saturated heterocycles. The van der Waals surface area contributed by atoms with Crippen LogP contribution in [0.3, 0.4) is 0 Å². The Morgan fingerprint density at radius 1 is 0.810 bits per heavy atom. The van der Waals surface area contributed by atoms with Gasteiger partial charge in [0.2, 0.25) is 0 Å². The second-order valence-corrected chi connectivity index (χ2v) is 20.9. The summed E-state index contributed by atoms with van der Waals surface area (Å²) < 4.78 is 6.71. The number of rotatable bonds is 11. The Bertz CT molecular complexity index is 254. The van der Waals surface area contributed by atoms with E-state index in [0.29, 0.717) is 0 Å². The van der Waals surface area contributed by atoms with Gasteiger partial charge in [-0.25, -0.2) is 0 Å². The van der Waals surface area contributed by atoms with E-state index in [-0.39, 0.29) is 0 Å². The third kappa shape index (κ3) is 6.28. The fourth-order valence-corrected chi connectivity index (χ4v) is 21.3. The Hall–Kier alpha value is 0.539. The van der Waals surface area contributed by atoms with E-state index >= 15 is 0 Å². The summed E-state index contributed by atoms with van der Waals surface area (Å²) in [5, 5.41) is 0. The van der Waals surface area contributed by atoms with Crippen LogP contribution in [0.4, 0.5) is 0 Å². The number of hydrogen-bond donors (Lipinski definition) is 0. The summed E-state index contributed by atoms with van der Waals surface area (Å²) in [4.78, 5) is 0. The first-order valence-electron chi connectivity index (χ1n) is 9.89.